The summed E-state index contributed by atoms with van der Waals surface area (Å²) >= 11 is 0. The van der Waals surface area contributed by atoms with Crippen molar-refractivity contribution < 1.29 is 9.53 Å². The normalized spacial score (nSPS) is 12.1. The number of amidine groups is 1. The van der Waals surface area contributed by atoms with Gasteiger partial charge in [0.1, 0.15) is 0 Å². The van der Waals surface area contributed by atoms with Gasteiger partial charge in [0.25, 0.3) is 0 Å². The van der Waals surface area contributed by atoms with Crippen molar-refractivity contribution in [1.82, 2.24) is 0 Å². The summed E-state index contributed by atoms with van der Waals surface area (Å²) in [4.78, 5) is 10.3. The van der Waals surface area contributed by atoms with Gasteiger partial charge in [-0.15, -0.1) is 0 Å². The molecule has 0 aliphatic heterocycles. The first-order valence-electron chi connectivity index (χ1n) is 4.77. The Balaban J connectivity index is 3.30. The Labute approximate surface area is 84.3 Å². The van der Waals surface area contributed by atoms with E-state index in [4.69, 9.17) is 16.9 Å². The molecule has 0 rings (SSSR count). The number of carbonyl (C=O) groups excluding carboxylic acids is 1. The highest BCUT2D eigenvalue weighted by molar-refractivity contribution is 5.76. The molecule has 1 atom stereocenters. The second-order valence-electron chi connectivity index (χ2n) is 3.51. The molecule has 0 heterocycles. The third-order valence-corrected chi connectivity index (χ3v) is 1.90. The number of hydrogen-bond acceptors (Lipinski definition) is 3. The van der Waals surface area contributed by atoms with E-state index < -0.39 is 6.09 Å². The predicted molar refractivity (Wildman–Crippen MR) is 55.1 cm³/mol. The standard InChI is InChI=1S/C9H19N3O2/c1-7(6-14-9(12)13)4-2-3-5-8(10)11/h7H,2-6H2,1H3,(H3,10,11)(H2,12,13). The van der Waals surface area contributed by atoms with Gasteiger partial charge in [-0.2, -0.15) is 0 Å². The molecule has 0 aromatic carbocycles. The molecular formula is C9H19N3O2. The van der Waals surface area contributed by atoms with Crippen molar-refractivity contribution in [3.8, 4) is 0 Å². The van der Waals surface area contributed by atoms with Crippen molar-refractivity contribution in [3.05, 3.63) is 0 Å². The number of primary amides is 1. The molecule has 0 fully saturated rings. The molecule has 0 radical (unpaired) electrons. The maximum atomic E-state index is 10.3. The number of ether oxygens (including phenoxy) is 1. The van der Waals surface area contributed by atoms with Gasteiger partial charge in [0.2, 0.25) is 0 Å². The minimum absolute atomic E-state index is 0.228. The van der Waals surface area contributed by atoms with E-state index in [1.807, 2.05) is 6.92 Å². The fourth-order valence-electron chi connectivity index (χ4n) is 1.12. The minimum atomic E-state index is -0.722. The maximum Gasteiger partial charge on any atom is 0.404 e. The second kappa shape index (κ2) is 7.17. The molecule has 5 nitrogen and oxygen atoms in total. The van der Waals surface area contributed by atoms with E-state index in [0.717, 1.165) is 19.3 Å². The number of nitrogens with two attached hydrogens (primary N) is 2. The van der Waals surface area contributed by atoms with Crippen LogP contribution in [0.3, 0.4) is 0 Å². The predicted octanol–water partition coefficient (Wildman–Crippen LogP) is 1.21. The highest BCUT2D eigenvalue weighted by Crippen LogP contribution is 2.09. The fourth-order valence-corrected chi connectivity index (χ4v) is 1.12. The molecule has 0 saturated carbocycles. The molecule has 14 heavy (non-hydrogen) atoms. The van der Waals surface area contributed by atoms with Crippen LogP contribution in [-0.4, -0.2) is 18.5 Å². The first kappa shape index (κ1) is 12.7. The molecule has 5 N–H and O–H groups in total. The molecule has 0 aromatic rings. The van der Waals surface area contributed by atoms with Crippen LogP contribution in [0.4, 0.5) is 4.79 Å². The van der Waals surface area contributed by atoms with Crippen molar-refractivity contribution in [2.45, 2.75) is 32.6 Å². The first-order chi connectivity index (χ1) is 6.52. The average Bonchev–Trinajstić information content (AvgIpc) is 2.08. The zero-order chi connectivity index (χ0) is 11.0. The highest BCUT2D eigenvalue weighted by atomic mass is 16.5. The average molecular weight is 201 g/mol. The van der Waals surface area contributed by atoms with E-state index in [9.17, 15) is 4.79 Å². The molecule has 1 amide bonds. The Morgan fingerprint density at radius 3 is 2.57 bits per heavy atom. The van der Waals surface area contributed by atoms with Crippen molar-refractivity contribution in [2.24, 2.45) is 17.4 Å². The third kappa shape index (κ3) is 8.83. The summed E-state index contributed by atoms with van der Waals surface area (Å²) in [7, 11) is 0. The number of nitrogens with one attached hydrogen (secondary N) is 1. The Morgan fingerprint density at radius 1 is 1.43 bits per heavy atom. The largest absolute Gasteiger partial charge is 0.449 e. The van der Waals surface area contributed by atoms with Crippen LogP contribution < -0.4 is 11.5 Å². The number of amides is 1. The maximum absolute atomic E-state index is 10.3. The smallest absolute Gasteiger partial charge is 0.404 e. The Bertz CT molecular complexity index is 194. The first-order valence-corrected chi connectivity index (χ1v) is 4.77. The molecule has 82 valence electrons. The van der Waals surface area contributed by atoms with E-state index in [1.165, 1.54) is 0 Å². The molecule has 0 aliphatic rings. The zero-order valence-electron chi connectivity index (χ0n) is 8.58. The summed E-state index contributed by atoms with van der Waals surface area (Å²) in [5.74, 6) is 0.542. The second-order valence-corrected chi connectivity index (χ2v) is 3.51. The van der Waals surface area contributed by atoms with Gasteiger partial charge in [0.05, 0.1) is 12.4 Å². The topological polar surface area (TPSA) is 102 Å². The van der Waals surface area contributed by atoms with E-state index in [0.29, 0.717) is 18.9 Å². The molecule has 1 unspecified atom stereocenters. The van der Waals surface area contributed by atoms with Crippen molar-refractivity contribution in [1.29, 1.82) is 5.41 Å². The molecule has 0 bridgehead atoms. The summed E-state index contributed by atoms with van der Waals surface area (Å²) in [5.41, 5.74) is 10.0. The lowest BCUT2D eigenvalue weighted by Gasteiger charge is -2.10. The van der Waals surface area contributed by atoms with Crippen LogP contribution in [0.1, 0.15) is 32.6 Å². The number of rotatable bonds is 7. The monoisotopic (exact) mass is 201 g/mol. The summed E-state index contributed by atoms with van der Waals surface area (Å²) in [5, 5.41) is 7.01. The van der Waals surface area contributed by atoms with Gasteiger partial charge in [0, 0.05) is 6.42 Å². The van der Waals surface area contributed by atoms with E-state index in [-0.39, 0.29) is 5.84 Å². The van der Waals surface area contributed by atoms with Crippen LogP contribution in [0.2, 0.25) is 0 Å². The lowest BCUT2D eigenvalue weighted by atomic mass is 10.0. The van der Waals surface area contributed by atoms with Gasteiger partial charge in [-0.25, -0.2) is 4.79 Å². The van der Waals surface area contributed by atoms with Gasteiger partial charge < -0.3 is 16.2 Å². The van der Waals surface area contributed by atoms with E-state index >= 15 is 0 Å². The summed E-state index contributed by atoms with van der Waals surface area (Å²) in [6.45, 7) is 2.37. The van der Waals surface area contributed by atoms with Gasteiger partial charge >= 0.3 is 6.09 Å². The van der Waals surface area contributed by atoms with Crippen molar-refractivity contribution in [3.63, 3.8) is 0 Å². The molecule has 0 aromatic heterocycles. The fraction of sp³-hybridized carbons (Fsp3) is 0.778. The Kier molecular flexibility index (Phi) is 6.53. The summed E-state index contributed by atoms with van der Waals surface area (Å²) in [6, 6.07) is 0. The Hall–Kier alpha value is -1.26. The molecule has 5 heteroatoms. The number of unbranched alkanes of at least 4 members (excludes halogenated alkanes) is 1. The third-order valence-electron chi connectivity index (χ3n) is 1.90. The zero-order valence-corrected chi connectivity index (χ0v) is 8.58. The number of carbonyl (C=O) groups is 1. The van der Waals surface area contributed by atoms with Crippen LogP contribution in [0.5, 0.6) is 0 Å². The quantitative estimate of drug-likeness (QED) is 0.328. The van der Waals surface area contributed by atoms with Crippen LogP contribution in [0.25, 0.3) is 0 Å². The van der Waals surface area contributed by atoms with Gasteiger partial charge in [0.15, 0.2) is 0 Å². The molecule has 0 aliphatic carbocycles. The van der Waals surface area contributed by atoms with Crippen LogP contribution in [0.15, 0.2) is 0 Å². The SMILES string of the molecule is CC(CCCCC(=N)N)COC(N)=O. The van der Waals surface area contributed by atoms with Crippen molar-refractivity contribution in [2.75, 3.05) is 6.61 Å². The van der Waals surface area contributed by atoms with Crippen LogP contribution >= 0.6 is 0 Å². The van der Waals surface area contributed by atoms with E-state index in [2.05, 4.69) is 4.74 Å². The summed E-state index contributed by atoms with van der Waals surface area (Å²) in [6.07, 6.45) is 2.78. The molecular weight excluding hydrogens is 182 g/mol. The van der Waals surface area contributed by atoms with Gasteiger partial charge in [-0.1, -0.05) is 13.3 Å². The van der Waals surface area contributed by atoms with Crippen molar-refractivity contribution >= 4 is 11.9 Å². The van der Waals surface area contributed by atoms with E-state index in [1.54, 1.807) is 0 Å². The van der Waals surface area contributed by atoms with Gasteiger partial charge in [-0.3, -0.25) is 5.41 Å². The summed E-state index contributed by atoms with van der Waals surface area (Å²) < 4.78 is 4.65. The molecule has 0 spiro atoms. The molecule has 0 saturated heterocycles. The lowest BCUT2D eigenvalue weighted by molar-refractivity contribution is 0.137. The minimum Gasteiger partial charge on any atom is -0.449 e. The van der Waals surface area contributed by atoms with Crippen LogP contribution in [-0.2, 0) is 4.74 Å². The van der Waals surface area contributed by atoms with Gasteiger partial charge in [-0.05, 0) is 18.8 Å². The Morgan fingerprint density at radius 2 is 2.07 bits per heavy atom. The number of hydrogen-bond donors (Lipinski definition) is 3. The highest BCUT2D eigenvalue weighted by Gasteiger charge is 2.04. The lowest BCUT2D eigenvalue weighted by Crippen LogP contribution is -2.17. The van der Waals surface area contributed by atoms with Crippen LogP contribution in [0, 0.1) is 11.3 Å².